The molecular formula is C34H39NO6. The number of hydrogen-bond donors (Lipinski definition) is 1. The van der Waals surface area contributed by atoms with E-state index in [9.17, 15) is 14.7 Å². The van der Waals surface area contributed by atoms with Crippen LogP contribution in [0.3, 0.4) is 0 Å². The first kappa shape index (κ1) is 29.7. The van der Waals surface area contributed by atoms with Crippen molar-refractivity contribution in [2.75, 3.05) is 13.7 Å². The minimum atomic E-state index is -0.822. The van der Waals surface area contributed by atoms with Crippen LogP contribution in [0.1, 0.15) is 69.8 Å². The lowest BCUT2D eigenvalue weighted by Crippen LogP contribution is -2.29. The van der Waals surface area contributed by atoms with E-state index >= 15 is 0 Å². The Morgan fingerprint density at radius 3 is 2.29 bits per heavy atom. The maximum atomic E-state index is 13.6. The van der Waals surface area contributed by atoms with Crippen molar-refractivity contribution in [3.63, 3.8) is 0 Å². The number of carbonyl (C=O) groups is 2. The van der Waals surface area contributed by atoms with Crippen molar-refractivity contribution in [1.29, 1.82) is 0 Å². The smallest absolute Gasteiger partial charge is 0.295 e. The number of nitrogens with zero attached hydrogens (tertiary/aromatic N) is 1. The third-order valence-corrected chi connectivity index (χ3v) is 6.96. The summed E-state index contributed by atoms with van der Waals surface area (Å²) in [4.78, 5) is 28.7. The minimum absolute atomic E-state index is 0.0363. The average Bonchev–Trinajstić information content (AvgIpc) is 3.17. The van der Waals surface area contributed by atoms with Crippen LogP contribution in [-0.2, 0) is 21.5 Å². The molecule has 3 aromatic rings. The lowest BCUT2D eigenvalue weighted by molar-refractivity contribution is -0.140. The van der Waals surface area contributed by atoms with Crippen LogP contribution in [0.15, 0.2) is 72.3 Å². The summed E-state index contributed by atoms with van der Waals surface area (Å²) in [5, 5.41) is 11.7. The van der Waals surface area contributed by atoms with E-state index in [0.717, 1.165) is 11.1 Å². The van der Waals surface area contributed by atoms with Crippen molar-refractivity contribution in [1.82, 2.24) is 4.90 Å². The molecule has 3 aromatic carbocycles. The molecule has 7 heteroatoms. The lowest BCUT2D eigenvalue weighted by atomic mass is 9.84. The summed E-state index contributed by atoms with van der Waals surface area (Å²) < 4.78 is 17.0. The Morgan fingerprint density at radius 2 is 1.68 bits per heavy atom. The lowest BCUT2D eigenvalue weighted by Gasteiger charge is -2.26. The van der Waals surface area contributed by atoms with Gasteiger partial charge in [-0.2, -0.15) is 0 Å². The Bertz CT molecular complexity index is 1450. The summed E-state index contributed by atoms with van der Waals surface area (Å²) in [5.74, 6) is 0.382. The summed E-state index contributed by atoms with van der Waals surface area (Å²) in [6, 6.07) is 19.2. The van der Waals surface area contributed by atoms with Crippen LogP contribution in [-0.4, -0.2) is 41.5 Å². The molecule has 1 fully saturated rings. The molecule has 1 heterocycles. The van der Waals surface area contributed by atoms with Gasteiger partial charge in [0.05, 0.1) is 31.4 Å². The van der Waals surface area contributed by atoms with Gasteiger partial charge >= 0.3 is 0 Å². The Morgan fingerprint density at radius 1 is 0.976 bits per heavy atom. The fraction of sp³-hybridized carbons (Fsp3) is 0.353. The molecule has 7 nitrogen and oxygen atoms in total. The first-order valence-electron chi connectivity index (χ1n) is 13.9. The molecule has 41 heavy (non-hydrogen) atoms. The third-order valence-electron chi connectivity index (χ3n) is 6.96. The van der Waals surface area contributed by atoms with Crippen molar-refractivity contribution in [3.8, 4) is 17.2 Å². The number of aliphatic hydroxyl groups is 1. The van der Waals surface area contributed by atoms with E-state index in [1.54, 1.807) is 19.2 Å². The standard InChI is InChI=1S/C34H39NO6/c1-8-40-28-17-14-24(19-27(28)34(4,5)6)31(36)29-30(23-10-9-11-26(18-23)41-21(2)3)35(33(38)32(29)37)20-22-12-15-25(39-7)16-13-22/h9-19,21,30,36H,8,20H2,1-7H3/b31-29+. The topological polar surface area (TPSA) is 85.3 Å². The average molecular weight is 558 g/mol. The highest BCUT2D eigenvalue weighted by molar-refractivity contribution is 6.46. The van der Waals surface area contributed by atoms with Crippen LogP contribution >= 0.6 is 0 Å². The molecule has 1 aliphatic rings. The summed E-state index contributed by atoms with van der Waals surface area (Å²) in [7, 11) is 1.59. The number of ketones is 1. The Labute approximate surface area is 242 Å². The van der Waals surface area contributed by atoms with Crippen LogP contribution < -0.4 is 14.2 Å². The van der Waals surface area contributed by atoms with Gasteiger partial charge in [0.2, 0.25) is 0 Å². The van der Waals surface area contributed by atoms with Gasteiger partial charge in [0.1, 0.15) is 23.0 Å². The molecule has 0 spiro atoms. The van der Waals surface area contributed by atoms with Crippen LogP contribution in [0, 0.1) is 0 Å². The first-order chi connectivity index (χ1) is 19.4. The maximum Gasteiger partial charge on any atom is 0.295 e. The number of methoxy groups -OCH3 is 1. The van der Waals surface area contributed by atoms with Gasteiger partial charge < -0.3 is 24.2 Å². The zero-order valence-corrected chi connectivity index (χ0v) is 24.9. The summed E-state index contributed by atoms with van der Waals surface area (Å²) in [6.45, 7) is 12.6. The zero-order chi connectivity index (χ0) is 29.9. The number of ether oxygens (including phenoxy) is 3. The number of likely N-dealkylation sites (tertiary alicyclic amines) is 1. The molecule has 1 unspecified atom stereocenters. The normalized spacial score (nSPS) is 16.8. The monoisotopic (exact) mass is 557 g/mol. The van der Waals surface area contributed by atoms with Crippen LogP contribution in [0.5, 0.6) is 17.2 Å². The van der Waals surface area contributed by atoms with E-state index in [1.807, 2.05) is 75.4 Å². The van der Waals surface area contributed by atoms with Gasteiger partial charge in [-0.05, 0) is 79.8 Å². The SMILES string of the molecule is CCOc1ccc(/C(O)=C2\C(=O)C(=O)N(Cc3ccc(OC)cc3)C2c2cccc(OC(C)C)c2)cc1C(C)(C)C. The molecule has 1 aliphatic heterocycles. The van der Waals surface area contributed by atoms with Gasteiger partial charge in [-0.15, -0.1) is 0 Å². The van der Waals surface area contributed by atoms with Crippen molar-refractivity contribution in [2.24, 2.45) is 0 Å². The summed E-state index contributed by atoms with van der Waals surface area (Å²) in [5.41, 5.74) is 2.57. The minimum Gasteiger partial charge on any atom is -0.507 e. The number of hydrogen-bond acceptors (Lipinski definition) is 6. The van der Waals surface area contributed by atoms with Gasteiger partial charge in [0.15, 0.2) is 0 Å². The van der Waals surface area contributed by atoms with E-state index in [4.69, 9.17) is 14.2 Å². The van der Waals surface area contributed by atoms with Crippen LogP contribution in [0.4, 0.5) is 0 Å². The number of aliphatic hydroxyl groups excluding tert-OH is 1. The Balaban J connectivity index is 1.88. The number of benzene rings is 3. The van der Waals surface area contributed by atoms with Gasteiger partial charge in [0.25, 0.3) is 11.7 Å². The van der Waals surface area contributed by atoms with Gasteiger partial charge in [-0.25, -0.2) is 0 Å². The van der Waals surface area contributed by atoms with Crippen molar-refractivity contribution < 1.29 is 28.9 Å². The molecule has 1 atom stereocenters. The molecule has 216 valence electrons. The molecule has 4 rings (SSSR count). The highest BCUT2D eigenvalue weighted by atomic mass is 16.5. The van der Waals surface area contributed by atoms with Crippen molar-refractivity contribution in [3.05, 3.63) is 94.6 Å². The largest absolute Gasteiger partial charge is 0.507 e. The Hall–Kier alpha value is -4.26. The molecule has 0 aliphatic carbocycles. The molecule has 0 saturated carbocycles. The fourth-order valence-corrected chi connectivity index (χ4v) is 5.05. The second-order valence-electron chi connectivity index (χ2n) is 11.4. The van der Waals surface area contributed by atoms with Crippen molar-refractivity contribution in [2.45, 2.75) is 65.6 Å². The highest BCUT2D eigenvalue weighted by Gasteiger charge is 2.46. The quantitative estimate of drug-likeness (QED) is 0.177. The number of carbonyl (C=O) groups excluding carboxylic acids is 2. The van der Waals surface area contributed by atoms with Gasteiger partial charge in [0, 0.05) is 17.7 Å². The van der Waals surface area contributed by atoms with Gasteiger partial charge in [-0.1, -0.05) is 45.0 Å². The van der Waals surface area contributed by atoms with Crippen molar-refractivity contribution >= 4 is 17.4 Å². The predicted octanol–water partition coefficient (Wildman–Crippen LogP) is 6.80. The van der Waals surface area contributed by atoms with E-state index in [-0.39, 0.29) is 29.4 Å². The number of Topliss-reactive ketones (excluding diaryl/α,β-unsaturated/α-hetero) is 1. The second-order valence-corrected chi connectivity index (χ2v) is 11.4. The molecule has 0 aromatic heterocycles. The summed E-state index contributed by atoms with van der Waals surface area (Å²) in [6.07, 6.45) is -0.0596. The van der Waals surface area contributed by atoms with E-state index in [1.165, 1.54) is 4.90 Å². The van der Waals surface area contributed by atoms with E-state index in [2.05, 4.69) is 20.8 Å². The second kappa shape index (κ2) is 12.1. The maximum absolute atomic E-state index is 13.6. The number of rotatable bonds is 9. The van der Waals surface area contributed by atoms with Gasteiger partial charge in [-0.3, -0.25) is 9.59 Å². The van der Waals surface area contributed by atoms with Crippen LogP contribution in [0.2, 0.25) is 0 Å². The molecule has 1 amide bonds. The zero-order valence-electron chi connectivity index (χ0n) is 24.9. The fourth-order valence-electron chi connectivity index (χ4n) is 5.05. The van der Waals surface area contributed by atoms with E-state index in [0.29, 0.717) is 35.0 Å². The highest BCUT2D eigenvalue weighted by Crippen LogP contribution is 2.42. The first-order valence-corrected chi connectivity index (χ1v) is 13.9. The molecule has 1 saturated heterocycles. The molecule has 0 bridgehead atoms. The third kappa shape index (κ3) is 6.40. The Kier molecular flexibility index (Phi) is 8.76. The predicted molar refractivity (Wildman–Crippen MR) is 159 cm³/mol. The number of amides is 1. The molecule has 1 N–H and O–H groups in total. The van der Waals surface area contributed by atoms with E-state index < -0.39 is 17.7 Å². The van der Waals surface area contributed by atoms with Crippen LogP contribution in [0.25, 0.3) is 5.76 Å². The molecule has 0 radical (unpaired) electrons. The molecular weight excluding hydrogens is 518 g/mol. The summed E-state index contributed by atoms with van der Waals surface area (Å²) >= 11 is 0.